The predicted molar refractivity (Wildman–Crippen MR) is 84.9 cm³/mol. The number of carbonyl (C=O) groups is 1. The Morgan fingerprint density at radius 2 is 1.96 bits per heavy atom. The fraction of sp³-hybridized carbons (Fsp3) is 0.214. The first-order chi connectivity index (χ1) is 11.7. The molecule has 1 heterocycles. The van der Waals surface area contributed by atoms with Crippen LogP contribution in [0.25, 0.3) is 0 Å². The Morgan fingerprint density at radius 1 is 1.24 bits per heavy atom. The number of urea groups is 1. The van der Waals surface area contributed by atoms with Crippen LogP contribution >= 0.6 is 11.6 Å². The molecule has 11 heteroatoms. The number of benzene rings is 1. The minimum atomic E-state index is -4.59. The van der Waals surface area contributed by atoms with Gasteiger partial charge in [-0.05, 0) is 25.1 Å². The molecule has 134 valence electrons. The van der Waals surface area contributed by atoms with Gasteiger partial charge in [-0.1, -0.05) is 11.6 Å². The SMILES string of the molecule is Cc1cc(NNC(=O)Nc2cc(Cl)cc(C(F)(F)F)c2)nc(CO)n1. The Labute approximate surface area is 145 Å². The van der Waals surface area contributed by atoms with Crippen LogP contribution in [0.5, 0.6) is 0 Å². The Morgan fingerprint density at radius 3 is 2.60 bits per heavy atom. The number of alkyl halides is 3. The summed E-state index contributed by atoms with van der Waals surface area (Å²) in [5, 5.41) is 11.1. The molecule has 0 saturated heterocycles. The van der Waals surface area contributed by atoms with E-state index in [1.165, 1.54) is 12.1 Å². The second kappa shape index (κ2) is 7.53. The molecule has 0 radical (unpaired) electrons. The zero-order valence-electron chi connectivity index (χ0n) is 12.8. The average Bonchev–Trinajstić information content (AvgIpc) is 2.51. The van der Waals surface area contributed by atoms with Crippen molar-refractivity contribution >= 4 is 29.1 Å². The van der Waals surface area contributed by atoms with Crippen molar-refractivity contribution < 1.29 is 23.1 Å². The van der Waals surface area contributed by atoms with Crippen LogP contribution in [0.1, 0.15) is 17.1 Å². The molecule has 1 aromatic heterocycles. The molecular weight excluding hydrogens is 363 g/mol. The third-order valence-electron chi connectivity index (χ3n) is 2.83. The van der Waals surface area contributed by atoms with Gasteiger partial charge in [0.15, 0.2) is 5.82 Å². The molecule has 0 spiro atoms. The van der Waals surface area contributed by atoms with Crippen molar-refractivity contribution in [1.29, 1.82) is 0 Å². The second-order valence-corrected chi connectivity index (χ2v) is 5.34. The van der Waals surface area contributed by atoms with Gasteiger partial charge >= 0.3 is 12.2 Å². The maximum Gasteiger partial charge on any atom is 0.416 e. The first kappa shape index (κ1) is 18.7. The number of aliphatic hydroxyl groups excluding tert-OH is 1. The molecule has 0 aliphatic carbocycles. The van der Waals surface area contributed by atoms with Gasteiger partial charge < -0.3 is 10.4 Å². The molecule has 2 amide bonds. The molecule has 0 bridgehead atoms. The van der Waals surface area contributed by atoms with Crippen molar-refractivity contribution in [2.24, 2.45) is 0 Å². The molecule has 0 atom stereocenters. The minimum Gasteiger partial charge on any atom is -0.388 e. The lowest BCUT2D eigenvalue weighted by Crippen LogP contribution is -2.34. The number of carbonyl (C=O) groups excluding carboxylic acids is 1. The van der Waals surface area contributed by atoms with Crippen molar-refractivity contribution in [2.75, 3.05) is 10.7 Å². The first-order valence-electron chi connectivity index (χ1n) is 6.83. The van der Waals surface area contributed by atoms with E-state index in [0.717, 1.165) is 12.1 Å². The highest BCUT2D eigenvalue weighted by atomic mass is 35.5. The molecule has 0 fully saturated rings. The van der Waals surface area contributed by atoms with Gasteiger partial charge in [-0.3, -0.25) is 10.9 Å². The van der Waals surface area contributed by atoms with Crippen LogP contribution in [0.15, 0.2) is 24.3 Å². The molecule has 0 aliphatic heterocycles. The summed E-state index contributed by atoms with van der Waals surface area (Å²) in [5.41, 5.74) is 4.10. The highest BCUT2D eigenvalue weighted by Crippen LogP contribution is 2.33. The molecule has 1 aromatic carbocycles. The summed E-state index contributed by atoms with van der Waals surface area (Å²) < 4.78 is 38.2. The number of amides is 2. The lowest BCUT2D eigenvalue weighted by Gasteiger charge is -2.12. The van der Waals surface area contributed by atoms with Crippen LogP contribution in [0.3, 0.4) is 0 Å². The lowest BCUT2D eigenvalue weighted by atomic mass is 10.2. The van der Waals surface area contributed by atoms with E-state index in [9.17, 15) is 18.0 Å². The van der Waals surface area contributed by atoms with Crippen LogP contribution in [-0.2, 0) is 12.8 Å². The second-order valence-electron chi connectivity index (χ2n) is 4.90. The van der Waals surface area contributed by atoms with E-state index in [4.69, 9.17) is 16.7 Å². The van der Waals surface area contributed by atoms with Crippen LogP contribution < -0.4 is 16.2 Å². The van der Waals surface area contributed by atoms with Gasteiger partial charge in [0.05, 0.1) is 5.56 Å². The van der Waals surface area contributed by atoms with E-state index in [-0.39, 0.29) is 29.0 Å². The van der Waals surface area contributed by atoms with Crippen LogP contribution in [0, 0.1) is 6.92 Å². The van der Waals surface area contributed by atoms with Gasteiger partial charge in [-0.15, -0.1) is 0 Å². The number of hydrazine groups is 1. The van der Waals surface area contributed by atoms with E-state index >= 15 is 0 Å². The summed E-state index contributed by atoms with van der Waals surface area (Å²) in [6.45, 7) is 1.28. The summed E-state index contributed by atoms with van der Waals surface area (Å²) in [6.07, 6.45) is -4.59. The Kier molecular flexibility index (Phi) is 5.65. The predicted octanol–water partition coefficient (Wildman–Crippen LogP) is 3.10. The van der Waals surface area contributed by atoms with Crippen LogP contribution in [-0.4, -0.2) is 21.1 Å². The number of aromatic nitrogens is 2. The van der Waals surface area contributed by atoms with Crippen molar-refractivity contribution in [2.45, 2.75) is 19.7 Å². The number of nitrogens with zero attached hydrogens (tertiary/aromatic N) is 2. The van der Waals surface area contributed by atoms with Crippen molar-refractivity contribution in [3.05, 3.63) is 46.4 Å². The summed E-state index contributed by atoms with van der Waals surface area (Å²) in [6, 6.07) is 3.35. The van der Waals surface area contributed by atoms with Crippen molar-refractivity contribution in [3.63, 3.8) is 0 Å². The first-order valence-corrected chi connectivity index (χ1v) is 7.21. The smallest absolute Gasteiger partial charge is 0.388 e. The molecule has 7 nitrogen and oxygen atoms in total. The van der Waals surface area contributed by atoms with Gasteiger partial charge in [0, 0.05) is 22.5 Å². The van der Waals surface area contributed by atoms with Crippen LogP contribution in [0.2, 0.25) is 5.02 Å². The fourth-order valence-electron chi connectivity index (χ4n) is 1.87. The molecular formula is C14H13ClF3N5O2. The van der Waals surface area contributed by atoms with Gasteiger partial charge in [-0.2, -0.15) is 13.2 Å². The summed E-state index contributed by atoms with van der Waals surface area (Å²) in [5.74, 6) is 0.350. The molecule has 4 N–H and O–H groups in total. The Hall–Kier alpha value is -2.59. The maximum atomic E-state index is 12.7. The number of rotatable bonds is 4. The lowest BCUT2D eigenvalue weighted by molar-refractivity contribution is -0.137. The number of aliphatic hydroxyl groups is 1. The molecule has 0 saturated carbocycles. The number of anilines is 2. The third kappa shape index (κ3) is 5.47. The van der Waals surface area contributed by atoms with E-state index < -0.39 is 17.8 Å². The van der Waals surface area contributed by atoms with Crippen LogP contribution in [0.4, 0.5) is 29.5 Å². The van der Waals surface area contributed by atoms with Gasteiger partial charge in [0.25, 0.3) is 0 Å². The highest BCUT2D eigenvalue weighted by Gasteiger charge is 2.31. The topological polar surface area (TPSA) is 99.2 Å². The summed E-state index contributed by atoms with van der Waals surface area (Å²) >= 11 is 5.64. The maximum absolute atomic E-state index is 12.7. The van der Waals surface area contributed by atoms with Gasteiger partial charge in [-0.25, -0.2) is 14.8 Å². The van der Waals surface area contributed by atoms with E-state index in [0.29, 0.717) is 5.69 Å². The number of hydrogen-bond acceptors (Lipinski definition) is 5. The van der Waals surface area contributed by atoms with Crippen molar-refractivity contribution in [3.8, 4) is 0 Å². The standard InChI is InChI=1S/C14H13ClF3N5O2/c1-7-2-11(21-12(6-24)19-7)22-23-13(25)20-10-4-8(14(16,17)18)3-9(15)5-10/h2-5,24H,6H2,1H3,(H,19,21,22)(H2,20,23,25). The van der Waals surface area contributed by atoms with Gasteiger partial charge in [0.1, 0.15) is 12.4 Å². The molecule has 0 unspecified atom stereocenters. The molecule has 2 aromatic rings. The van der Waals surface area contributed by atoms with E-state index in [2.05, 4.69) is 26.1 Å². The normalized spacial score (nSPS) is 11.1. The van der Waals surface area contributed by atoms with E-state index in [1.54, 1.807) is 6.92 Å². The molecule has 25 heavy (non-hydrogen) atoms. The Bertz CT molecular complexity index is 786. The molecule has 2 rings (SSSR count). The molecule has 0 aliphatic rings. The zero-order valence-corrected chi connectivity index (χ0v) is 13.5. The Balaban J connectivity index is 2.03. The number of hydrogen-bond donors (Lipinski definition) is 4. The average molecular weight is 376 g/mol. The fourth-order valence-corrected chi connectivity index (χ4v) is 2.11. The highest BCUT2D eigenvalue weighted by molar-refractivity contribution is 6.31. The number of nitrogens with one attached hydrogen (secondary N) is 3. The monoisotopic (exact) mass is 375 g/mol. The summed E-state index contributed by atoms with van der Waals surface area (Å²) in [7, 11) is 0. The summed E-state index contributed by atoms with van der Waals surface area (Å²) in [4.78, 5) is 19.6. The largest absolute Gasteiger partial charge is 0.416 e. The minimum absolute atomic E-state index is 0.131. The zero-order chi connectivity index (χ0) is 18.6. The van der Waals surface area contributed by atoms with Gasteiger partial charge in [0.2, 0.25) is 0 Å². The van der Waals surface area contributed by atoms with E-state index in [1.807, 2.05) is 0 Å². The number of halogens is 4. The third-order valence-corrected chi connectivity index (χ3v) is 3.05. The number of aryl methyl sites for hydroxylation is 1. The van der Waals surface area contributed by atoms with Crippen molar-refractivity contribution in [1.82, 2.24) is 15.4 Å². The quantitative estimate of drug-likeness (QED) is 0.615.